The van der Waals surface area contributed by atoms with Crippen LogP contribution < -0.4 is 9.35 Å². The van der Waals surface area contributed by atoms with Crippen molar-refractivity contribution in [1.82, 2.24) is 0 Å². The molecule has 206 valence electrons. The van der Waals surface area contributed by atoms with Gasteiger partial charge in [-0.3, -0.25) is 9.35 Å². The maximum atomic E-state index is 5.39. The molecule has 0 aliphatic rings. The van der Waals surface area contributed by atoms with E-state index in [9.17, 15) is 0 Å². The summed E-state index contributed by atoms with van der Waals surface area (Å²) < 4.78 is 4.57. The Morgan fingerprint density at radius 3 is 1.00 bits per heavy atom. The zero-order valence-corrected chi connectivity index (χ0v) is 26.8. The summed E-state index contributed by atoms with van der Waals surface area (Å²) in [6.07, 6.45) is 1.56. The molecule has 4 nitrogen and oxygen atoms in total. The molecule has 0 spiro atoms. The molecule has 0 bridgehead atoms. The third kappa shape index (κ3) is 7.90. The zero-order chi connectivity index (χ0) is 28.6. The molecule has 0 atom stereocenters. The third-order valence-corrected chi connectivity index (χ3v) is 9.78. The lowest BCUT2D eigenvalue weighted by atomic mass is 10.0. The number of hydrazone groups is 2. The molecule has 6 heteroatoms. The molecule has 0 saturated heterocycles. The molecule has 40 heavy (non-hydrogen) atoms. The maximum Gasteiger partial charge on any atom is 0.176 e. The van der Waals surface area contributed by atoms with Crippen LogP contribution in [0.3, 0.4) is 0 Å². The van der Waals surface area contributed by atoms with Crippen LogP contribution in [0.2, 0.25) is 39.3 Å². The number of hydrogen-bond acceptors (Lipinski definition) is 4. The van der Waals surface area contributed by atoms with E-state index < -0.39 is 16.5 Å². The fraction of sp³-hybridized carbons (Fsp3) is 0.235. The zero-order valence-electron chi connectivity index (χ0n) is 24.8. The van der Waals surface area contributed by atoms with Crippen LogP contribution in [0, 0.1) is 0 Å². The molecule has 4 aromatic carbocycles. The van der Waals surface area contributed by atoms with Crippen molar-refractivity contribution >= 4 is 39.3 Å². The maximum absolute atomic E-state index is 5.39. The molecule has 4 aromatic rings. The second-order valence-corrected chi connectivity index (χ2v) is 21.5. The van der Waals surface area contributed by atoms with Gasteiger partial charge in [-0.25, -0.2) is 0 Å². The molecule has 0 heterocycles. The predicted octanol–water partition coefficient (Wildman–Crippen LogP) is 9.26. The largest absolute Gasteiger partial charge is 0.295 e. The standard InChI is InChI=1S/C34H42N4Si2/c1-39(2,3)37(31-23-15-9-16-24-31)35-33(29-19-11-7-12-20-29)27-28-34(30-21-13-8-14-22-30)36-38(40(4,5)6)32-25-17-10-18-26-32/h7-26H,27-28H2,1-6H3/b35-33-,36-34-. The second kappa shape index (κ2) is 13.1. The molecule has 0 N–H and O–H groups in total. The van der Waals surface area contributed by atoms with Crippen molar-refractivity contribution in [2.24, 2.45) is 10.2 Å². The monoisotopic (exact) mass is 562 g/mol. The summed E-state index contributed by atoms with van der Waals surface area (Å²) in [4.78, 5) is 0. The summed E-state index contributed by atoms with van der Waals surface area (Å²) in [6.45, 7) is 14.1. The SMILES string of the molecule is C[Si](C)(C)N(/N=C(/CC/C(=N/N(c1ccccc1)[Si](C)(C)C)c1ccccc1)c1ccccc1)c1ccccc1. The van der Waals surface area contributed by atoms with Gasteiger partial charge in [0.05, 0.1) is 11.4 Å². The van der Waals surface area contributed by atoms with Crippen LogP contribution in [0.4, 0.5) is 11.4 Å². The van der Waals surface area contributed by atoms with Gasteiger partial charge in [0.15, 0.2) is 16.5 Å². The molecular weight excluding hydrogens is 521 g/mol. The highest BCUT2D eigenvalue weighted by molar-refractivity contribution is 6.80. The third-order valence-electron chi connectivity index (χ3n) is 6.53. The van der Waals surface area contributed by atoms with Crippen LogP contribution in [-0.2, 0) is 0 Å². The minimum atomic E-state index is -1.83. The molecule has 0 radical (unpaired) electrons. The summed E-state index contributed by atoms with van der Waals surface area (Å²) in [6, 6.07) is 42.3. The Hall–Kier alpha value is -3.75. The Kier molecular flexibility index (Phi) is 9.56. The molecular formula is C34H42N4Si2. The Morgan fingerprint density at radius 2 is 0.725 bits per heavy atom. The van der Waals surface area contributed by atoms with E-state index in [0.29, 0.717) is 0 Å². The normalized spacial score (nSPS) is 12.8. The smallest absolute Gasteiger partial charge is 0.176 e. The molecule has 0 aliphatic heterocycles. The van der Waals surface area contributed by atoms with Crippen LogP contribution >= 0.6 is 0 Å². The van der Waals surface area contributed by atoms with Gasteiger partial charge in [-0.15, -0.1) is 0 Å². The molecule has 4 rings (SSSR count). The van der Waals surface area contributed by atoms with E-state index in [-0.39, 0.29) is 0 Å². The second-order valence-electron chi connectivity index (χ2n) is 12.0. The van der Waals surface area contributed by atoms with Gasteiger partial charge in [-0.05, 0) is 87.5 Å². The highest BCUT2D eigenvalue weighted by atomic mass is 28.3. The minimum Gasteiger partial charge on any atom is -0.295 e. The highest BCUT2D eigenvalue weighted by Crippen LogP contribution is 2.26. The first-order chi connectivity index (χ1) is 19.1. The Labute approximate surface area is 242 Å². The summed E-state index contributed by atoms with van der Waals surface area (Å²) in [5, 5.41) is 10.8. The molecule has 0 saturated carbocycles. The van der Waals surface area contributed by atoms with Crippen LogP contribution in [0.25, 0.3) is 0 Å². The van der Waals surface area contributed by atoms with Crippen molar-refractivity contribution in [3.8, 4) is 0 Å². The average Bonchev–Trinajstić information content (AvgIpc) is 2.95. The predicted molar refractivity (Wildman–Crippen MR) is 180 cm³/mol. The number of rotatable bonds is 11. The molecule has 0 amide bonds. The van der Waals surface area contributed by atoms with Crippen molar-refractivity contribution in [2.75, 3.05) is 9.35 Å². The summed E-state index contributed by atoms with van der Waals surface area (Å²) in [7, 11) is -3.65. The minimum absolute atomic E-state index is 0.778. The Bertz CT molecular complexity index is 1280. The van der Waals surface area contributed by atoms with Crippen LogP contribution in [-0.4, -0.2) is 27.9 Å². The van der Waals surface area contributed by atoms with Crippen molar-refractivity contribution < 1.29 is 0 Å². The summed E-state index contributed by atoms with van der Waals surface area (Å²) in [5.74, 6) is 0. The number of benzene rings is 4. The van der Waals surface area contributed by atoms with Crippen LogP contribution in [0.1, 0.15) is 24.0 Å². The van der Waals surface area contributed by atoms with E-state index in [1.54, 1.807) is 0 Å². The van der Waals surface area contributed by atoms with E-state index in [2.05, 4.69) is 170 Å². The first-order valence-electron chi connectivity index (χ1n) is 14.1. The van der Waals surface area contributed by atoms with Crippen molar-refractivity contribution in [1.29, 1.82) is 0 Å². The first kappa shape index (κ1) is 29.2. The summed E-state index contributed by atoms with van der Waals surface area (Å²) >= 11 is 0. The van der Waals surface area contributed by atoms with Gasteiger partial charge >= 0.3 is 0 Å². The van der Waals surface area contributed by atoms with E-state index in [1.165, 1.54) is 0 Å². The quantitative estimate of drug-likeness (QED) is 0.104. The van der Waals surface area contributed by atoms with E-state index in [1.807, 2.05) is 0 Å². The fourth-order valence-corrected chi connectivity index (χ4v) is 7.26. The number of hydrogen-bond donors (Lipinski definition) is 0. The van der Waals surface area contributed by atoms with E-state index in [4.69, 9.17) is 10.2 Å². The van der Waals surface area contributed by atoms with Crippen molar-refractivity contribution in [3.63, 3.8) is 0 Å². The molecule has 0 aliphatic carbocycles. The van der Waals surface area contributed by atoms with E-state index in [0.717, 1.165) is 46.8 Å². The summed E-state index contributed by atoms with van der Waals surface area (Å²) in [5.41, 5.74) is 6.74. The lowest BCUT2D eigenvalue weighted by Crippen LogP contribution is -2.43. The molecule has 0 unspecified atom stereocenters. The molecule has 0 aromatic heterocycles. The lowest BCUT2D eigenvalue weighted by Gasteiger charge is -2.33. The lowest BCUT2D eigenvalue weighted by molar-refractivity contribution is 1.04. The first-order valence-corrected chi connectivity index (χ1v) is 21.0. The number of anilines is 2. The van der Waals surface area contributed by atoms with Crippen LogP contribution in [0.5, 0.6) is 0 Å². The highest BCUT2D eigenvalue weighted by Gasteiger charge is 2.27. The number of para-hydroxylation sites is 2. The van der Waals surface area contributed by atoms with Gasteiger partial charge in [0, 0.05) is 11.4 Å². The topological polar surface area (TPSA) is 31.2 Å². The van der Waals surface area contributed by atoms with Crippen LogP contribution in [0.15, 0.2) is 132 Å². The van der Waals surface area contributed by atoms with Gasteiger partial charge < -0.3 is 0 Å². The molecule has 0 fully saturated rings. The van der Waals surface area contributed by atoms with Gasteiger partial charge in [0.25, 0.3) is 0 Å². The average molecular weight is 563 g/mol. The van der Waals surface area contributed by atoms with Crippen molar-refractivity contribution in [2.45, 2.75) is 52.1 Å². The van der Waals surface area contributed by atoms with Gasteiger partial charge in [0.1, 0.15) is 0 Å². The van der Waals surface area contributed by atoms with Gasteiger partial charge in [-0.1, -0.05) is 97.1 Å². The van der Waals surface area contributed by atoms with E-state index >= 15 is 0 Å². The van der Waals surface area contributed by atoms with Crippen molar-refractivity contribution in [3.05, 3.63) is 132 Å². The van der Waals surface area contributed by atoms with Gasteiger partial charge in [-0.2, -0.15) is 10.2 Å². The Balaban J connectivity index is 1.78. The fourth-order valence-electron chi connectivity index (χ4n) is 4.57. The van der Waals surface area contributed by atoms with Gasteiger partial charge in [0.2, 0.25) is 0 Å². The Morgan fingerprint density at radius 1 is 0.450 bits per heavy atom. The number of nitrogens with zero attached hydrogens (tertiary/aromatic N) is 4.